The number of nitrogens with zero attached hydrogens (tertiary/aromatic N) is 1. The molecule has 1 saturated heterocycles. The van der Waals surface area contributed by atoms with Gasteiger partial charge in [-0.05, 0) is 38.5 Å². The van der Waals surface area contributed by atoms with Gasteiger partial charge in [-0.15, -0.1) is 0 Å². The Bertz CT molecular complexity index is 580. The molecule has 0 aromatic heterocycles. The van der Waals surface area contributed by atoms with E-state index >= 15 is 0 Å². The van der Waals surface area contributed by atoms with Gasteiger partial charge in [0.1, 0.15) is 11.3 Å². The number of ether oxygens (including phenoxy) is 1. The monoisotopic (exact) mass is 291 g/mol. The van der Waals surface area contributed by atoms with Crippen LogP contribution in [-0.4, -0.2) is 36.0 Å². The maximum absolute atomic E-state index is 12.7. The summed E-state index contributed by atoms with van der Waals surface area (Å²) in [7, 11) is 1.56. The van der Waals surface area contributed by atoms with Crippen LogP contribution in [0.3, 0.4) is 0 Å². The Morgan fingerprint density at radius 2 is 2.05 bits per heavy atom. The number of rotatable bonds is 4. The van der Waals surface area contributed by atoms with Gasteiger partial charge in [-0.3, -0.25) is 9.69 Å². The van der Waals surface area contributed by atoms with Crippen LogP contribution < -0.4 is 15.8 Å². The number of methoxy groups -OCH3 is 1. The number of carbonyl (C=O) groups is 2. The zero-order valence-corrected chi connectivity index (χ0v) is 12.8. The number of urea groups is 1. The van der Waals surface area contributed by atoms with Gasteiger partial charge in [-0.2, -0.15) is 0 Å². The van der Waals surface area contributed by atoms with Crippen LogP contribution in [0.4, 0.5) is 4.79 Å². The number of benzene rings is 1. The quantitative estimate of drug-likeness (QED) is 0.816. The minimum Gasteiger partial charge on any atom is -0.497 e. The second kappa shape index (κ2) is 5.04. The molecule has 0 aliphatic carbocycles. The molecule has 0 radical (unpaired) electrons. The molecule has 0 spiro atoms. The van der Waals surface area contributed by atoms with Crippen LogP contribution in [0.15, 0.2) is 24.3 Å². The fourth-order valence-corrected chi connectivity index (χ4v) is 2.38. The third-order valence-electron chi connectivity index (χ3n) is 3.49. The third kappa shape index (κ3) is 2.85. The first-order chi connectivity index (χ1) is 9.67. The smallest absolute Gasteiger partial charge is 0.325 e. The molecule has 114 valence electrons. The molecule has 1 heterocycles. The lowest BCUT2D eigenvalue weighted by molar-refractivity contribution is -0.131. The predicted octanol–water partition coefficient (Wildman–Crippen LogP) is 1.20. The summed E-state index contributed by atoms with van der Waals surface area (Å²) in [5.74, 6) is 0.327. The SMILES string of the molecule is COc1cccc(C2(C)NC(=O)N(CC(C)(C)N)C2=O)c1. The van der Waals surface area contributed by atoms with E-state index in [2.05, 4.69) is 5.32 Å². The van der Waals surface area contributed by atoms with Gasteiger partial charge in [0.05, 0.1) is 7.11 Å². The van der Waals surface area contributed by atoms with E-state index in [9.17, 15) is 9.59 Å². The molecule has 1 fully saturated rings. The molecule has 1 unspecified atom stereocenters. The molecule has 1 aliphatic heterocycles. The Balaban J connectivity index is 2.35. The Labute approximate surface area is 124 Å². The van der Waals surface area contributed by atoms with Crippen molar-refractivity contribution in [2.45, 2.75) is 31.8 Å². The molecular weight excluding hydrogens is 270 g/mol. The van der Waals surface area contributed by atoms with E-state index in [0.717, 1.165) is 0 Å². The molecule has 1 atom stereocenters. The molecule has 2 rings (SSSR count). The van der Waals surface area contributed by atoms with Crippen molar-refractivity contribution < 1.29 is 14.3 Å². The first kappa shape index (κ1) is 15.3. The highest BCUT2D eigenvalue weighted by molar-refractivity contribution is 6.07. The summed E-state index contributed by atoms with van der Waals surface area (Å²) >= 11 is 0. The molecular formula is C15H21N3O3. The van der Waals surface area contributed by atoms with Crippen LogP contribution in [0.25, 0.3) is 0 Å². The molecule has 6 heteroatoms. The summed E-state index contributed by atoms with van der Waals surface area (Å²) in [4.78, 5) is 25.9. The van der Waals surface area contributed by atoms with Crippen LogP contribution in [0, 0.1) is 0 Å². The Morgan fingerprint density at radius 1 is 1.38 bits per heavy atom. The van der Waals surface area contributed by atoms with Crippen molar-refractivity contribution in [3.05, 3.63) is 29.8 Å². The lowest BCUT2D eigenvalue weighted by atomic mass is 9.91. The third-order valence-corrected chi connectivity index (χ3v) is 3.49. The van der Waals surface area contributed by atoms with Gasteiger partial charge in [-0.25, -0.2) is 4.79 Å². The second-order valence-electron chi connectivity index (χ2n) is 6.17. The average Bonchev–Trinajstić information content (AvgIpc) is 2.62. The van der Waals surface area contributed by atoms with E-state index in [0.29, 0.717) is 11.3 Å². The predicted molar refractivity (Wildman–Crippen MR) is 78.9 cm³/mol. The van der Waals surface area contributed by atoms with Crippen LogP contribution in [-0.2, 0) is 10.3 Å². The summed E-state index contributed by atoms with van der Waals surface area (Å²) in [5, 5.41) is 2.75. The highest BCUT2D eigenvalue weighted by atomic mass is 16.5. The standard InChI is InChI=1S/C15H21N3O3/c1-14(2,16)9-18-12(19)15(3,17-13(18)20)10-6-5-7-11(8-10)21-4/h5-8H,9,16H2,1-4H3,(H,17,20). The zero-order chi connectivity index (χ0) is 15.8. The second-order valence-corrected chi connectivity index (χ2v) is 6.17. The first-order valence-electron chi connectivity index (χ1n) is 6.75. The van der Waals surface area contributed by atoms with Gasteiger partial charge in [0.15, 0.2) is 0 Å². The van der Waals surface area contributed by atoms with Crippen molar-refractivity contribution in [2.24, 2.45) is 5.73 Å². The van der Waals surface area contributed by atoms with E-state index in [-0.39, 0.29) is 12.5 Å². The fourth-order valence-electron chi connectivity index (χ4n) is 2.38. The summed E-state index contributed by atoms with van der Waals surface area (Å²) in [6.45, 7) is 5.40. The van der Waals surface area contributed by atoms with Crippen molar-refractivity contribution in [3.8, 4) is 5.75 Å². The molecule has 3 N–H and O–H groups in total. The van der Waals surface area contributed by atoms with Gasteiger partial charge in [-0.1, -0.05) is 12.1 Å². The number of imide groups is 1. The molecule has 0 bridgehead atoms. The summed E-state index contributed by atoms with van der Waals surface area (Å²) in [6, 6.07) is 6.68. The zero-order valence-electron chi connectivity index (χ0n) is 12.8. The maximum atomic E-state index is 12.7. The van der Waals surface area contributed by atoms with Gasteiger partial charge >= 0.3 is 6.03 Å². The van der Waals surface area contributed by atoms with Gasteiger partial charge in [0.25, 0.3) is 5.91 Å². The molecule has 3 amide bonds. The minimum atomic E-state index is -1.10. The largest absolute Gasteiger partial charge is 0.497 e. The molecule has 1 aromatic carbocycles. The van der Waals surface area contributed by atoms with Crippen LogP contribution in [0.1, 0.15) is 26.3 Å². The van der Waals surface area contributed by atoms with E-state index in [1.54, 1.807) is 52.1 Å². The van der Waals surface area contributed by atoms with E-state index in [1.807, 2.05) is 0 Å². The van der Waals surface area contributed by atoms with Crippen LogP contribution in [0.2, 0.25) is 0 Å². The molecule has 21 heavy (non-hydrogen) atoms. The number of nitrogens with two attached hydrogens (primary N) is 1. The maximum Gasteiger partial charge on any atom is 0.325 e. The van der Waals surface area contributed by atoms with E-state index < -0.39 is 17.1 Å². The number of amides is 3. The van der Waals surface area contributed by atoms with Crippen molar-refractivity contribution in [3.63, 3.8) is 0 Å². The Kier molecular flexibility index (Phi) is 3.67. The van der Waals surface area contributed by atoms with Crippen molar-refractivity contribution >= 4 is 11.9 Å². The normalized spacial score (nSPS) is 22.4. The average molecular weight is 291 g/mol. The van der Waals surface area contributed by atoms with Gasteiger partial charge in [0, 0.05) is 12.1 Å². The Morgan fingerprint density at radius 3 is 2.62 bits per heavy atom. The molecule has 1 aliphatic rings. The number of hydrogen-bond acceptors (Lipinski definition) is 4. The highest BCUT2D eigenvalue weighted by Gasteiger charge is 2.49. The highest BCUT2D eigenvalue weighted by Crippen LogP contribution is 2.31. The Hall–Kier alpha value is -2.08. The van der Waals surface area contributed by atoms with E-state index in [1.165, 1.54) is 4.90 Å². The fraction of sp³-hybridized carbons (Fsp3) is 0.467. The topological polar surface area (TPSA) is 84.7 Å². The molecule has 0 saturated carbocycles. The van der Waals surface area contributed by atoms with Crippen LogP contribution in [0.5, 0.6) is 5.75 Å². The summed E-state index contributed by atoms with van der Waals surface area (Å²) < 4.78 is 5.17. The first-order valence-corrected chi connectivity index (χ1v) is 6.75. The van der Waals surface area contributed by atoms with Crippen LogP contribution >= 0.6 is 0 Å². The molecule has 1 aromatic rings. The lowest BCUT2D eigenvalue weighted by Crippen LogP contribution is -2.48. The van der Waals surface area contributed by atoms with Gasteiger partial charge in [0.2, 0.25) is 0 Å². The van der Waals surface area contributed by atoms with Crippen molar-refractivity contribution in [2.75, 3.05) is 13.7 Å². The van der Waals surface area contributed by atoms with E-state index in [4.69, 9.17) is 10.5 Å². The van der Waals surface area contributed by atoms with Gasteiger partial charge < -0.3 is 15.8 Å². The van der Waals surface area contributed by atoms with Crippen molar-refractivity contribution in [1.29, 1.82) is 0 Å². The van der Waals surface area contributed by atoms with Crippen molar-refractivity contribution in [1.82, 2.24) is 10.2 Å². The number of nitrogens with one attached hydrogen (secondary N) is 1. The molecule has 6 nitrogen and oxygen atoms in total. The lowest BCUT2D eigenvalue weighted by Gasteiger charge is -2.26. The summed E-state index contributed by atoms with van der Waals surface area (Å²) in [6.07, 6.45) is 0. The number of carbonyl (C=O) groups excluding carboxylic acids is 2. The minimum absolute atomic E-state index is 0.164. The summed E-state index contributed by atoms with van der Waals surface area (Å²) in [5.41, 5.74) is 4.85. The number of hydrogen-bond donors (Lipinski definition) is 2.